The Hall–Kier alpha value is -1.11. The Morgan fingerprint density at radius 3 is 2.82 bits per heavy atom. The number of hydrogen-bond donors (Lipinski definition) is 0. The maximum absolute atomic E-state index is 11.7. The smallest absolute Gasteiger partial charge is 0.133 e. The molecule has 0 aromatic carbocycles. The van der Waals surface area contributed by atoms with Gasteiger partial charge in [-0.05, 0) is 49.7 Å². The molecule has 0 unspecified atom stereocenters. The molecule has 0 heterocycles. The Kier molecular flexibility index (Phi) is 2.39. The number of rotatable bonds is 0. The molecule has 90 valence electrons. The summed E-state index contributed by atoms with van der Waals surface area (Å²) in [6.45, 7) is 8.66. The first-order valence-corrected chi connectivity index (χ1v) is 6.66. The van der Waals surface area contributed by atoms with Crippen LogP contribution in [0, 0.1) is 17.8 Å². The van der Waals surface area contributed by atoms with E-state index in [9.17, 15) is 4.79 Å². The molecule has 0 aromatic heterocycles. The van der Waals surface area contributed by atoms with E-state index < -0.39 is 0 Å². The van der Waals surface area contributed by atoms with Crippen LogP contribution in [0.1, 0.15) is 39.5 Å². The monoisotopic (exact) mass is 228 g/mol. The quantitative estimate of drug-likeness (QED) is 0.616. The Balaban J connectivity index is 2.06. The maximum atomic E-state index is 11.7. The molecule has 3 atom stereocenters. The molecule has 0 spiro atoms. The summed E-state index contributed by atoms with van der Waals surface area (Å²) in [4.78, 5) is 11.7. The standard InChI is InChI=1S/C16H20O/c1-9-4-5-12-7-13(17)8-14(12)16-11(3)6-10(2)15(9)16/h6,12,14,16H,2,4-5,7-8H2,1,3H3/t12-,14-,16+/m0/s1. The van der Waals surface area contributed by atoms with Gasteiger partial charge in [-0.2, -0.15) is 0 Å². The van der Waals surface area contributed by atoms with Crippen LogP contribution in [0.3, 0.4) is 0 Å². The van der Waals surface area contributed by atoms with Crippen LogP contribution < -0.4 is 0 Å². The van der Waals surface area contributed by atoms with E-state index >= 15 is 0 Å². The zero-order valence-corrected chi connectivity index (χ0v) is 10.8. The molecule has 17 heavy (non-hydrogen) atoms. The molecule has 1 nitrogen and oxygen atoms in total. The molecular weight excluding hydrogens is 208 g/mol. The Bertz CT molecular complexity index is 464. The van der Waals surface area contributed by atoms with Crippen LogP contribution >= 0.6 is 0 Å². The lowest BCUT2D eigenvalue weighted by atomic mass is 9.78. The predicted molar refractivity (Wildman–Crippen MR) is 69.5 cm³/mol. The van der Waals surface area contributed by atoms with Crippen LogP contribution in [-0.2, 0) is 4.79 Å². The van der Waals surface area contributed by atoms with E-state index in [1.165, 1.54) is 28.7 Å². The van der Waals surface area contributed by atoms with E-state index in [-0.39, 0.29) is 0 Å². The number of hydrogen-bond acceptors (Lipinski definition) is 1. The van der Waals surface area contributed by atoms with E-state index in [1.807, 2.05) is 0 Å². The van der Waals surface area contributed by atoms with Crippen LogP contribution in [0.15, 0.2) is 34.9 Å². The Morgan fingerprint density at radius 2 is 2.06 bits per heavy atom. The first-order chi connectivity index (χ1) is 8.08. The summed E-state index contributed by atoms with van der Waals surface area (Å²) in [6.07, 6.45) is 6.20. The van der Waals surface area contributed by atoms with Gasteiger partial charge < -0.3 is 0 Å². The highest BCUT2D eigenvalue weighted by atomic mass is 16.1. The van der Waals surface area contributed by atoms with Crippen LogP contribution in [-0.4, -0.2) is 5.78 Å². The van der Waals surface area contributed by atoms with Crippen molar-refractivity contribution in [3.8, 4) is 0 Å². The first-order valence-electron chi connectivity index (χ1n) is 6.66. The number of carbonyl (C=O) groups excluding carboxylic acids is 1. The lowest BCUT2D eigenvalue weighted by molar-refractivity contribution is -0.117. The maximum Gasteiger partial charge on any atom is 0.133 e. The van der Waals surface area contributed by atoms with Gasteiger partial charge in [-0.3, -0.25) is 4.79 Å². The van der Waals surface area contributed by atoms with Crippen molar-refractivity contribution in [1.82, 2.24) is 0 Å². The Labute approximate surface area is 103 Å². The minimum absolute atomic E-state index is 0.476. The van der Waals surface area contributed by atoms with Crippen molar-refractivity contribution in [3.63, 3.8) is 0 Å². The van der Waals surface area contributed by atoms with Crippen LogP contribution in [0.2, 0.25) is 0 Å². The second kappa shape index (κ2) is 3.69. The summed E-state index contributed by atoms with van der Waals surface area (Å²) >= 11 is 0. The second-order valence-corrected chi connectivity index (χ2v) is 5.99. The topological polar surface area (TPSA) is 17.1 Å². The van der Waals surface area contributed by atoms with E-state index in [4.69, 9.17) is 0 Å². The molecule has 0 aromatic rings. The van der Waals surface area contributed by atoms with Gasteiger partial charge in [-0.25, -0.2) is 0 Å². The van der Waals surface area contributed by atoms with Crippen molar-refractivity contribution in [1.29, 1.82) is 0 Å². The molecule has 3 rings (SSSR count). The van der Waals surface area contributed by atoms with Gasteiger partial charge in [0.05, 0.1) is 0 Å². The fourth-order valence-electron chi connectivity index (χ4n) is 4.16. The molecule has 0 bridgehead atoms. The normalized spacial score (nSPS) is 36.8. The lowest BCUT2D eigenvalue weighted by Crippen LogP contribution is -2.18. The lowest BCUT2D eigenvalue weighted by Gasteiger charge is -2.25. The van der Waals surface area contributed by atoms with Crippen molar-refractivity contribution >= 4 is 5.78 Å². The molecule has 3 aliphatic rings. The minimum Gasteiger partial charge on any atom is -0.300 e. The number of carbonyl (C=O) groups is 1. The summed E-state index contributed by atoms with van der Waals surface area (Å²) in [6, 6.07) is 0. The summed E-state index contributed by atoms with van der Waals surface area (Å²) in [5.74, 6) is 2.16. The van der Waals surface area contributed by atoms with Crippen molar-refractivity contribution in [3.05, 3.63) is 34.9 Å². The van der Waals surface area contributed by atoms with Gasteiger partial charge in [0.25, 0.3) is 0 Å². The summed E-state index contributed by atoms with van der Waals surface area (Å²) in [5, 5.41) is 0. The van der Waals surface area contributed by atoms with Gasteiger partial charge >= 0.3 is 0 Å². The van der Waals surface area contributed by atoms with Gasteiger partial charge in [-0.1, -0.05) is 23.8 Å². The van der Waals surface area contributed by atoms with Crippen molar-refractivity contribution in [2.75, 3.05) is 0 Å². The number of ketones is 1. The second-order valence-electron chi connectivity index (χ2n) is 5.99. The average molecular weight is 228 g/mol. The molecule has 0 aliphatic heterocycles. The van der Waals surface area contributed by atoms with Crippen LogP contribution in [0.5, 0.6) is 0 Å². The molecule has 1 fully saturated rings. The van der Waals surface area contributed by atoms with E-state index in [2.05, 4.69) is 26.5 Å². The summed E-state index contributed by atoms with van der Waals surface area (Å²) in [5.41, 5.74) is 5.60. The zero-order chi connectivity index (χ0) is 12.2. The third-order valence-electron chi connectivity index (χ3n) is 4.89. The van der Waals surface area contributed by atoms with Gasteiger partial charge in [0.15, 0.2) is 0 Å². The van der Waals surface area contributed by atoms with Gasteiger partial charge in [-0.15, -0.1) is 0 Å². The molecule has 1 heteroatoms. The minimum atomic E-state index is 0.476. The zero-order valence-electron chi connectivity index (χ0n) is 10.8. The summed E-state index contributed by atoms with van der Waals surface area (Å²) < 4.78 is 0. The van der Waals surface area contributed by atoms with Gasteiger partial charge in [0.1, 0.15) is 5.78 Å². The molecule has 0 amide bonds. The summed E-state index contributed by atoms with van der Waals surface area (Å²) in [7, 11) is 0. The molecule has 0 saturated heterocycles. The first kappa shape index (κ1) is 11.0. The Morgan fingerprint density at radius 1 is 1.29 bits per heavy atom. The molecule has 1 saturated carbocycles. The highest BCUT2D eigenvalue weighted by Gasteiger charge is 2.43. The predicted octanol–water partition coefficient (Wildman–Crippen LogP) is 3.82. The van der Waals surface area contributed by atoms with Crippen LogP contribution in [0.4, 0.5) is 0 Å². The van der Waals surface area contributed by atoms with Crippen molar-refractivity contribution in [2.45, 2.75) is 39.5 Å². The third kappa shape index (κ3) is 1.55. The van der Waals surface area contributed by atoms with Crippen molar-refractivity contribution in [2.24, 2.45) is 17.8 Å². The molecule has 3 aliphatic carbocycles. The number of fused-ring (bicyclic) bond motifs is 3. The van der Waals surface area contributed by atoms with Crippen molar-refractivity contribution < 1.29 is 4.79 Å². The molecular formula is C16H20O. The fourth-order valence-corrected chi connectivity index (χ4v) is 4.16. The van der Waals surface area contributed by atoms with E-state index in [0.717, 1.165) is 19.3 Å². The SMILES string of the molecule is C=C1C=C(C)[C@H]2C1=C(C)CC[C@H]1CC(=O)C[C@@H]12. The van der Waals surface area contributed by atoms with Gasteiger partial charge in [0.2, 0.25) is 0 Å². The third-order valence-corrected chi connectivity index (χ3v) is 4.89. The average Bonchev–Trinajstić information content (AvgIpc) is 2.71. The number of allylic oxidation sites excluding steroid dienone is 5. The largest absolute Gasteiger partial charge is 0.300 e. The van der Waals surface area contributed by atoms with Crippen LogP contribution in [0.25, 0.3) is 0 Å². The van der Waals surface area contributed by atoms with E-state index in [0.29, 0.717) is 23.5 Å². The van der Waals surface area contributed by atoms with Gasteiger partial charge in [0, 0.05) is 18.8 Å². The van der Waals surface area contributed by atoms with E-state index in [1.54, 1.807) is 0 Å². The fraction of sp³-hybridized carbons (Fsp3) is 0.562. The molecule has 0 radical (unpaired) electrons. The number of Topliss-reactive ketones (excluding diaryl/α,β-unsaturated/α-hetero) is 1. The molecule has 0 N–H and O–H groups in total. The highest BCUT2D eigenvalue weighted by Crippen LogP contribution is 2.51. The highest BCUT2D eigenvalue weighted by molar-refractivity contribution is 5.81.